The van der Waals surface area contributed by atoms with Gasteiger partial charge in [-0.15, -0.1) is 0 Å². The van der Waals surface area contributed by atoms with E-state index in [2.05, 4.69) is 39.5 Å². The summed E-state index contributed by atoms with van der Waals surface area (Å²) in [6.45, 7) is 3.77. The Labute approximate surface area is 169 Å². The smallest absolute Gasteiger partial charge is 0.226 e. The summed E-state index contributed by atoms with van der Waals surface area (Å²) in [5, 5.41) is 7.31. The number of hydrogen-bond acceptors (Lipinski definition) is 5. The Morgan fingerprint density at radius 3 is 2.76 bits per heavy atom. The van der Waals surface area contributed by atoms with Gasteiger partial charge in [-0.1, -0.05) is 35.0 Å². The molecule has 1 fully saturated rings. The van der Waals surface area contributed by atoms with Crippen molar-refractivity contribution in [1.82, 2.24) is 20.4 Å². The summed E-state index contributed by atoms with van der Waals surface area (Å²) in [6.07, 6.45) is 6.00. The van der Waals surface area contributed by atoms with Crippen molar-refractivity contribution in [3.05, 3.63) is 59.9 Å². The minimum absolute atomic E-state index is 0.0496. The van der Waals surface area contributed by atoms with E-state index in [9.17, 15) is 4.79 Å². The number of carbonyl (C=O) groups is 1. The summed E-state index contributed by atoms with van der Waals surface area (Å²) < 4.78 is 11.1. The molecule has 0 saturated carbocycles. The van der Waals surface area contributed by atoms with Crippen molar-refractivity contribution in [2.75, 3.05) is 19.8 Å². The molecule has 7 nitrogen and oxygen atoms in total. The lowest BCUT2D eigenvalue weighted by Crippen LogP contribution is -2.46. The number of aromatic amines is 1. The number of rotatable bonds is 7. The maximum atomic E-state index is 13.1. The van der Waals surface area contributed by atoms with Gasteiger partial charge in [0.25, 0.3) is 0 Å². The highest BCUT2D eigenvalue weighted by Crippen LogP contribution is 2.35. The first-order chi connectivity index (χ1) is 14.1. The topological polar surface area (TPSA) is 93.0 Å². The number of nitrogens with zero attached hydrogens (tertiary/aromatic N) is 2. The zero-order chi connectivity index (χ0) is 20.1. The van der Waals surface area contributed by atoms with E-state index >= 15 is 0 Å². The van der Waals surface area contributed by atoms with E-state index < -0.39 is 5.41 Å². The molecule has 0 unspecified atom stereocenters. The van der Waals surface area contributed by atoms with Crippen LogP contribution in [0.4, 0.5) is 0 Å². The van der Waals surface area contributed by atoms with E-state index in [1.807, 2.05) is 18.2 Å². The fourth-order valence-electron chi connectivity index (χ4n) is 3.76. The molecule has 3 heterocycles. The van der Waals surface area contributed by atoms with Crippen LogP contribution in [0.25, 0.3) is 11.3 Å². The molecular formula is C22H26N4O3. The maximum Gasteiger partial charge on any atom is 0.226 e. The SMILES string of the molecule is Cc1ccc(-c2cc(CC3(C(=O)NCCc4cnc[nH]4)CCOCC3)on2)cc1. The van der Waals surface area contributed by atoms with Crippen molar-refractivity contribution in [3.63, 3.8) is 0 Å². The Hall–Kier alpha value is -2.93. The normalized spacial score (nSPS) is 15.9. The van der Waals surface area contributed by atoms with Crippen LogP contribution in [0.3, 0.4) is 0 Å². The van der Waals surface area contributed by atoms with Crippen LogP contribution in [0.2, 0.25) is 0 Å². The molecule has 0 radical (unpaired) electrons. The van der Waals surface area contributed by atoms with Crippen LogP contribution < -0.4 is 5.32 Å². The van der Waals surface area contributed by atoms with Crippen molar-refractivity contribution < 1.29 is 14.1 Å². The van der Waals surface area contributed by atoms with Gasteiger partial charge in [-0.3, -0.25) is 4.79 Å². The largest absolute Gasteiger partial charge is 0.381 e. The fourth-order valence-corrected chi connectivity index (χ4v) is 3.76. The monoisotopic (exact) mass is 394 g/mol. The van der Waals surface area contributed by atoms with E-state index in [0.29, 0.717) is 39.0 Å². The number of hydrogen-bond donors (Lipinski definition) is 2. The highest BCUT2D eigenvalue weighted by Gasteiger charge is 2.41. The zero-order valence-corrected chi connectivity index (χ0v) is 16.6. The molecule has 1 saturated heterocycles. The standard InChI is InChI=1S/C22H26N4O3/c1-16-2-4-17(5-3-16)20-12-19(29-26-20)13-22(7-10-28-11-8-22)21(27)24-9-6-18-14-23-15-25-18/h2-5,12,14-15H,6-11,13H2,1H3,(H,23,25)(H,24,27). The molecule has 0 bridgehead atoms. The molecule has 4 rings (SSSR count). The average molecular weight is 394 g/mol. The minimum atomic E-state index is -0.531. The predicted molar refractivity (Wildman–Crippen MR) is 108 cm³/mol. The number of carbonyl (C=O) groups excluding carboxylic acids is 1. The summed E-state index contributed by atoms with van der Waals surface area (Å²) in [6, 6.07) is 10.1. The van der Waals surface area contributed by atoms with E-state index in [0.717, 1.165) is 29.1 Å². The third kappa shape index (κ3) is 4.56. The van der Waals surface area contributed by atoms with E-state index in [1.54, 1.807) is 12.5 Å². The van der Waals surface area contributed by atoms with Crippen LogP contribution in [0.15, 0.2) is 47.4 Å². The number of nitrogens with one attached hydrogen (secondary N) is 2. The summed E-state index contributed by atoms with van der Waals surface area (Å²) in [5.74, 6) is 0.778. The first-order valence-electron chi connectivity index (χ1n) is 10.0. The molecule has 2 N–H and O–H groups in total. The van der Waals surface area contributed by atoms with Crippen LogP contribution in [-0.4, -0.2) is 40.8 Å². The summed E-state index contributed by atoms with van der Waals surface area (Å²) >= 11 is 0. The molecule has 1 aromatic carbocycles. The van der Waals surface area contributed by atoms with Crippen molar-refractivity contribution in [2.24, 2.45) is 5.41 Å². The molecule has 2 aromatic heterocycles. The van der Waals surface area contributed by atoms with Gasteiger partial charge in [0.1, 0.15) is 11.5 Å². The van der Waals surface area contributed by atoms with Gasteiger partial charge in [0.15, 0.2) is 0 Å². The van der Waals surface area contributed by atoms with Crippen molar-refractivity contribution in [3.8, 4) is 11.3 Å². The van der Waals surface area contributed by atoms with Crippen molar-refractivity contribution in [2.45, 2.75) is 32.6 Å². The number of amides is 1. The van der Waals surface area contributed by atoms with Crippen LogP contribution in [0.1, 0.15) is 29.9 Å². The number of benzene rings is 1. The summed E-state index contributed by atoms with van der Waals surface area (Å²) in [4.78, 5) is 20.2. The molecule has 29 heavy (non-hydrogen) atoms. The molecular weight excluding hydrogens is 368 g/mol. The van der Waals surface area contributed by atoms with Gasteiger partial charge in [-0.2, -0.15) is 0 Å². The number of imidazole rings is 1. The van der Waals surface area contributed by atoms with Gasteiger partial charge in [0.05, 0.1) is 11.7 Å². The Morgan fingerprint density at radius 2 is 2.03 bits per heavy atom. The molecule has 0 atom stereocenters. The number of ether oxygens (including phenoxy) is 1. The molecule has 1 amide bonds. The van der Waals surface area contributed by atoms with Gasteiger partial charge in [-0.25, -0.2) is 4.98 Å². The van der Waals surface area contributed by atoms with Crippen molar-refractivity contribution in [1.29, 1.82) is 0 Å². The predicted octanol–water partition coefficient (Wildman–Crippen LogP) is 3.07. The average Bonchev–Trinajstić information content (AvgIpc) is 3.41. The minimum Gasteiger partial charge on any atom is -0.381 e. The quantitative estimate of drug-likeness (QED) is 0.642. The van der Waals surface area contributed by atoms with Gasteiger partial charge < -0.3 is 19.6 Å². The molecule has 7 heteroatoms. The van der Waals surface area contributed by atoms with Gasteiger partial charge >= 0.3 is 0 Å². The fraction of sp³-hybridized carbons (Fsp3) is 0.409. The molecule has 1 aliphatic heterocycles. The lowest BCUT2D eigenvalue weighted by molar-refractivity contribution is -0.137. The molecule has 152 valence electrons. The molecule has 0 spiro atoms. The number of aryl methyl sites for hydroxylation is 1. The van der Waals surface area contributed by atoms with Crippen LogP contribution in [0.5, 0.6) is 0 Å². The second kappa shape index (κ2) is 8.61. The number of H-pyrrole nitrogens is 1. The zero-order valence-electron chi connectivity index (χ0n) is 16.6. The van der Waals surface area contributed by atoms with Crippen LogP contribution in [0, 0.1) is 12.3 Å². The molecule has 3 aromatic rings. The van der Waals surface area contributed by atoms with Crippen LogP contribution in [-0.2, 0) is 22.4 Å². The number of aromatic nitrogens is 3. The lowest BCUT2D eigenvalue weighted by Gasteiger charge is -2.35. The Kier molecular flexibility index (Phi) is 5.76. The summed E-state index contributed by atoms with van der Waals surface area (Å²) in [7, 11) is 0. The third-order valence-corrected chi connectivity index (χ3v) is 5.59. The highest BCUT2D eigenvalue weighted by atomic mass is 16.5. The third-order valence-electron chi connectivity index (χ3n) is 5.59. The molecule has 1 aliphatic rings. The van der Waals surface area contributed by atoms with Crippen LogP contribution >= 0.6 is 0 Å². The maximum absolute atomic E-state index is 13.1. The molecule has 0 aliphatic carbocycles. The second-order valence-corrected chi connectivity index (χ2v) is 7.70. The lowest BCUT2D eigenvalue weighted by atomic mass is 9.75. The van der Waals surface area contributed by atoms with Crippen molar-refractivity contribution >= 4 is 5.91 Å². The van der Waals surface area contributed by atoms with Gasteiger partial charge in [0.2, 0.25) is 5.91 Å². The van der Waals surface area contributed by atoms with E-state index in [1.165, 1.54) is 5.56 Å². The highest BCUT2D eigenvalue weighted by molar-refractivity contribution is 5.83. The first-order valence-corrected chi connectivity index (χ1v) is 10.0. The Morgan fingerprint density at radius 1 is 1.24 bits per heavy atom. The van der Waals surface area contributed by atoms with Gasteiger partial charge in [0, 0.05) is 56.1 Å². The Balaban J connectivity index is 1.45. The summed E-state index contributed by atoms with van der Waals surface area (Å²) in [5.41, 5.74) is 3.48. The van der Waals surface area contributed by atoms with E-state index in [-0.39, 0.29) is 5.91 Å². The first kappa shape index (κ1) is 19.4. The van der Waals surface area contributed by atoms with E-state index in [4.69, 9.17) is 9.26 Å². The Bertz CT molecular complexity index is 925. The second-order valence-electron chi connectivity index (χ2n) is 7.70. The van der Waals surface area contributed by atoms with Gasteiger partial charge in [-0.05, 0) is 19.8 Å².